The van der Waals surface area contributed by atoms with E-state index in [4.69, 9.17) is 0 Å². The third-order valence-electron chi connectivity index (χ3n) is 3.35. The lowest BCUT2D eigenvalue weighted by atomic mass is 10.1. The van der Waals surface area contributed by atoms with Crippen LogP contribution in [0, 0.1) is 5.92 Å². The maximum absolute atomic E-state index is 3.64. The summed E-state index contributed by atoms with van der Waals surface area (Å²) in [6.45, 7) is 5.85. The Morgan fingerprint density at radius 2 is 1.75 bits per heavy atom. The SMILES string of the molecule is CCCCCCCCCC1NCC(C)CS1. The lowest BCUT2D eigenvalue weighted by molar-refractivity contribution is 0.484. The number of rotatable bonds is 8. The van der Waals surface area contributed by atoms with Gasteiger partial charge in [0.25, 0.3) is 0 Å². The molecule has 1 saturated heterocycles. The van der Waals surface area contributed by atoms with E-state index >= 15 is 0 Å². The van der Waals surface area contributed by atoms with Gasteiger partial charge in [-0.15, -0.1) is 11.8 Å². The van der Waals surface area contributed by atoms with Crippen LogP contribution >= 0.6 is 11.8 Å². The van der Waals surface area contributed by atoms with Crippen molar-refractivity contribution in [2.75, 3.05) is 12.3 Å². The normalized spacial score (nSPS) is 25.9. The summed E-state index contributed by atoms with van der Waals surface area (Å²) in [4.78, 5) is 0. The van der Waals surface area contributed by atoms with Crippen molar-refractivity contribution in [2.24, 2.45) is 5.92 Å². The zero-order chi connectivity index (χ0) is 11.6. The zero-order valence-electron chi connectivity index (χ0n) is 11.1. The van der Waals surface area contributed by atoms with Crippen LogP contribution < -0.4 is 5.32 Å². The van der Waals surface area contributed by atoms with Crippen LogP contribution in [0.1, 0.15) is 65.2 Å². The number of hydrogen-bond donors (Lipinski definition) is 1. The van der Waals surface area contributed by atoms with Crippen LogP contribution in [0.15, 0.2) is 0 Å². The maximum Gasteiger partial charge on any atom is 0.0532 e. The molecule has 16 heavy (non-hydrogen) atoms. The highest BCUT2D eigenvalue weighted by Gasteiger charge is 2.16. The molecule has 1 rings (SSSR count). The van der Waals surface area contributed by atoms with Gasteiger partial charge in [0.2, 0.25) is 0 Å². The molecule has 0 aliphatic carbocycles. The molecule has 1 N–H and O–H groups in total. The molecule has 2 heteroatoms. The minimum atomic E-state index is 0.756. The Hall–Kier alpha value is 0.310. The molecule has 1 aliphatic heterocycles. The third-order valence-corrected chi connectivity index (χ3v) is 4.91. The van der Waals surface area contributed by atoms with Gasteiger partial charge in [-0.3, -0.25) is 0 Å². The number of unbranched alkanes of at least 4 members (excludes halogenated alkanes) is 6. The summed E-state index contributed by atoms with van der Waals surface area (Å²) in [7, 11) is 0. The smallest absolute Gasteiger partial charge is 0.0532 e. The molecule has 1 heterocycles. The van der Waals surface area contributed by atoms with E-state index in [0.717, 1.165) is 11.3 Å². The van der Waals surface area contributed by atoms with E-state index in [9.17, 15) is 0 Å². The molecule has 0 aromatic carbocycles. The molecule has 2 atom stereocenters. The molecule has 1 aliphatic rings. The van der Waals surface area contributed by atoms with Crippen LogP contribution in [0.3, 0.4) is 0 Å². The van der Waals surface area contributed by atoms with Gasteiger partial charge in [0.1, 0.15) is 0 Å². The molecule has 0 amide bonds. The molecule has 0 bridgehead atoms. The number of hydrogen-bond acceptors (Lipinski definition) is 2. The van der Waals surface area contributed by atoms with Gasteiger partial charge < -0.3 is 5.32 Å². The second-order valence-corrected chi connectivity index (χ2v) is 6.48. The van der Waals surface area contributed by atoms with E-state index < -0.39 is 0 Å². The fraction of sp³-hybridized carbons (Fsp3) is 1.00. The first kappa shape index (κ1) is 14.4. The van der Waals surface area contributed by atoms with Crippen molar-refractivity contribution >= 4 is 11.8 Å². The van der Waals surface area contributed by atoms with Gasteiger partial charge in [-0.2, -0.15) is 0 Å². The zero-order valence-corrected chi connectivity index (χ0v) is 12.0. The molecular weight excluding hydrogens is 214 g/mol. The lowest BCUT2D eigenvalue weighted by Gasteiger charge is -2.27. The largest absolute Gasteiger partial charge is 0.305 e. The molecule has 0 spiro atoms. The Morgan fingerprint density at radius 1 is 1.06 bits per heavy atom. The average Bonchev–Trinajstić information content (AvgIpc) is 2.30. The monoisotopic (exact) mass is 243 g/mol. The number of nitrogens with one attached hydrogen (secondary N) is 1. The predicted octanol–water partition coefficient (Wildman–Crippen LogP) is 4.43. The highest BCUT2D eigenvalue weighted by Crippen LogP contribution is 2.22. The Kier molecular flexibility index (Phi) is 8.40. The van der Waals surface area contributed by atoms with Gasteiger partial charge in [0.15, 0.2) is 0 Å². The van der Waals surface area contributed by atoms with Gasteiger partial charge in [-0.1, -0.05) is 58.8 Å². The van der Waals surface area contributed by atoms with Crippen LogP contribution in [0.2, 0.25) is 0 Å². The van der Waals surface area contributed by atoms with E-state index in [1.54, 1.807) is 0 Å². The van der Waals surface area contributed by atoms with Crippen molar-refractivity contribution in [3.8, 4) is 0 Å². The molecule has 0 aromatic rings. The summed E-state index contributed by atoms with van der Waals surface area (Å²) < 4.78 is 0. The summed E-state index contributed by atoms with van der Waals surface area (Å²) in [5.41, 5.74) is 0. The second-order valence-electron chi connectivity index (χ2n) is 5.25. The van der Waals surface area contributed by atoms with Gasteiger partial charge in [0, 0.05) is 0 Å². The van der Waals surface area contributed by atoms with E-state index in [2.05, 4.69) is 30.9 Å². The van der Waals surface area contributed by atoms with Crippen molar-refractivity contribution in [3.05, 3.63) is 0 Å². The fourth-order valence-corrected chi connectivity index (χ4v) is 3.43. The summed E-state index contributed by atoms with van der Waals surface area (Å²) in [5, 5.41) is 4.40. The van der Waals surface area contributed by atoms with E-state index in [1.165, 1.54) is 63.7 Å². The summed E-state index contributed by atoms with van der Waals surface area (Å²) in [5.74, 6) is 2.23. The van der Waals surface area contributed by atoms with Crippen molar-refractivity contribution in [3.63, 3.8) is 0 Å². The van der Waals surface area contributed by atoms with Gasteiger partial charge >= 0.3 is 0 Å². The summed E-state index contributed by atoms with van der Waals surface area (Å²) >= 11 is 2.13. The minimum Gasteiger partial charge on any atom is -0.305 e. The van der Waals surface area contributed by atoms with Crippen LogP contribution in [-0.2, 0) is 0 Å². The Bertz CT molecular complexity index is 153. The molecule has 0 aromatic heterocycles. The second kappa shape index (κ2) is 9.35. The van der Waals surface area contributed by atoms with Crippen LogP contribution in [0.4, 0.5) is 0 Å². The molecule has 0 radical (unpaired) electrons. The molecule has 96 valence electrons. The maximum atomic E-state index is 3.64. The minimum absolute atomic E-state index is 0.756. The van der Waals surface area contributed by atoms with Crippen molar-refractivity contribution < 1.29 is 0 Å². The van der Waals surface area contributed by atoms with E-state index in [1.807, 2.05) is 0 Å². The van der Waals surface area contributed by atoms with Crippen molar-refractivity contribution in [2.45, 2.75) is 70.6 Å². The Labute approximate surface area is 106 Å². The van der Waals surface area contributed by atoms with E-state index in [-0.39, 0.29) is 0 Å². The summed E-state index contributed by atoms with van der Waals surface area (Å²) in [6.07, 6.45) is 11.4. The quantitative estimate of drug-likeness (QED) is 0.633. The Balaban J connectivity index is 1.84. The standard InChI is InChI=1S/C14H29NS/c1-3-4-5-6-7-8-9-10-14-15-11-13(2)12-16-14/h13-15H,3-12H2,1-2H3. The first-order valence-electron chi connectivity index (χ1n) is 7.18. The van der Waals surface area contributed by atoms with Crippen molar-refractivity contribution in [1.29, 1.82) is 0 Å². The van der Waals surface area contributed by atoms with Gasteiger partial charge in [-0.25, -0.2) is 0 Å². The van der Waals surface area contributed by atoms with Gasteiger partial charge in [0.05, 0.1) is 5.37 Å². The van der Waals surface area contributed by atoms with Gasteiger partial charge in [-0.05, 0) is 24.6 Å². The topological polar surface area (TPSA) is 12.0 Å². The first-order chi connectivity index (χ1) is 7.83. The highest BCUT2D eigenvalue weighted by molar-refractivity contribution is 7.99. The summed E-state index contributed by atoms with van der Waals surface area (Å²) in [6, 6.07) is 0. The van der Waals surface area contributed by atoms with Crippen LogP contribution in [0.5, 0.6) is 0 Å². The highest BCUT2D eigenvalue weighted by atomic mass is 32.2. The third kappa shape index (κ3) is 6.80. The molecular formula is C14H29NS. The van der Waals surface area contributed by atoms with Crippen LogP contribution in [-0.4, -0.2) is 17.7 Å². The molecule has 0 saturated carbocycles. The Morgan fingerprint density at radius 3 is 2.38 bits per heavy atom. The molecule has 2 unspecified atom stereocenters. The lowest BCUT2D eigenvalue weighted by Crippen LogP contribution is -2.36. The van der Waals surface area contributed by atoms with E-state index in [0.29, 0.717) is 0 Å². The van der Waals surface area contributed by atoms with Crippen molar-refractivity contribution in [1.82, 2.24) is 5.32 Å². The van der Waals surface area contributed by atoms with Crippen LogP contribution in [0.25, 0.3) is 0 Å². The molecule has 1 nitrogen and oxygen atoms in total. The molecule has 1 fully saturated rings. The number of thioether (sulfide) groups is 1. The average molecular weight is 243 g/mol. The first-order valence-corrected chi connectivity index (χ1v) is 8.22. The predicted molar refractivity (Wildman–Crippen MR) is 76.0 cm³/mol. The fourth-order valence-electron chi connectivity index (χ4n) is 2.20.